The standard InChI is InChI=1S/C12H23ClN2O2/c1-8(2)6-5-7-9(3)14-12(17)15-11(16)10(4)13/h8-10H,5-7H2,1-4H3,(H2,14,15,16,17). The summed E-state index contributed by atoms with van der Waals surface area (Å²) in [6, 6.07) is -0.410. The number of urea groups is 1. The number of nitrogens with one attached hydrogen (secondary N) is 2. The lowest BCUT2D eigenvalue weighted by atomic mass is 10.0. The summed E-state index contributed by atoms with van der Waals surface area (Å²) < 4.78 is 0. The largest absolute Gasteiger partial charge is 0.335 e. The Balaban J connectivity index is 3.76. The number of hydrogen-bond acceptors (Lipinski definition) is 2. The molecule has 2 unspecified atom stereocenters. The minimum Gasteiger partial charge on any atom is -0.335 e. The monoisotopic (exact) mass is 262 g/mol. The number of hydrogen-bond donors (Lipinski definition) is 2. The lowest BCUT2D eigenvalue weighted by molar-refractivity contribution is -0.119. The van der Waals surface area contributed by atoms with Crippen LogP contribution >= 0.6 is 11.6 Å². The van der Waals surface area contributed by atoms with E-state index in [1.54, 1.807) is 0 Å². The molecule has 0 saturated carbocycles. The Morgan fingerprint density at radius 1 is 1.12 bits per heavy atom. The second-order valence-electron chi connectivity index (χ2n) is 4.80. The Hall–Kier alpha value is -0.770. The predicted octanol–water partition coefficient (Wildman–Crippen LogP) is 2.65. The van der Waals surface area contributed by atoms with Gasteiger partial charge in [-0.05, 0) is 26.2 Å². The number of carbonyl (C=O) groups excluding carboxylic acids is 2. The third-order valence-corrected chi connectivity index (χ3v) is 2.59. The van der Waals surface area contributed by atoms with Crippen LogP contribution in [0.1, 0.15) is 47.0 Å². The molecule has 2 N–H and O–H groups in total. The fourth-order valence-corrected chi connectivity index (χ4v) is 1.43. The summed E-state index contributed by atoms with van der Waals surface area (Å²) in [6.45, 7) is 7.79. The topological polar surface area (TPSA) is 58.2 Å². The highest BCUT2D eigenvalue weighted by Gasteiger charge is 2.14. The molecule has 5 heteroatoms. The van der Waals surface area contributed by atoms with Crippen molar-refractivity contribution in [2.24, 2.45) is 5.92 Å². The van der Waals surface area contributed by atoms with Gasteiger partial charge >= 0.3 is 6.03 Å². The molecule has 3 amide bonds. The van der Waals surface area contributed by atoms with E-state index in [9.17, 15) is 9.59 Å². The first-order chi connectivity index (χ1) is 7.82. The maximum atomic E-state index is 11.4. The smallest absolute Gasteiger partial charge is 0.321 e. The van der Waals surface area contributed by atoms with Crippen LogP contribution in [0.25, 0.3) is 0 Å². The van der Waals surface area contributed by atoms with Crippen molar-refractivity contribution in [1.29, 1.82) is 0 Å². The van der Waals surface area contributed by atoms with Crippen molar-refractivity contribution < 1.29 is 9.59 Å². The summed E-state index contributed by atoms with van der Waals surface area (Å²) in [5.41, 5.74) is 0. The number of imide groups is 1. The quantitative estimate of drug-likeness (QED) is 0.723. The average Bonchev–Trinajstić information content (AvgIpc) is 2.16. The Kier molecular flexibility index (Phi) is 7.96. The van der Waals surface area contributed by atoms with Crippen molar-refractivity contribution in [3.05, 3.63) is 0 Å². The van der Waals surface area contributed by atoms with E-state index in [-0.39, 0.29) is 6.04 Å². The maximum Gasteiger partial charge on any atom is 0.321 e. The van der Waals surface area contributed by atoms with Gasteiger partial charge in [-0.25, -0.2) is 4.79 Å². The van der Waals surface area contributed by atoms with Crippen molar-refractivity contribution >= 4 is 23.5 Å². The molecule has 0 aromatic heterocycles. The second-order valence-corrected chi connectivity index (χ2v) is 5.46. The molecule has 2 atom stereocenters. The van der Waals surface area contributed by atoms with E-state index in [0.29, 0.717) is 5.92 Å². The summed E-state index contributed by atoms with van der Waals surface area (Å²) in [6.07, 6.45) is 3.13. The summed E-state index contributed by atoms with van der Waals surface area (Å²) >= 11 is 5.54. The zero-order valence-electron chi connectivity index (χ0n) is 11.0. The molecule has 0 bridgehead atoms. The molecule has 0 spiro atoms. The molecule has 0 saturated heterocycles. The van der Waals surface area contributed by atoms with Gasteiger partial charge in [-0.15, -0.1) is 11.6 Å². The van der Waals surface area contributed by atoms with Gasteiger partial charge in [0.25, 0.3) is 0 Å². The van der Waals surface area contributed by atoms with Crippen LogP contribution in [-0.2, 0) is 4.79 Å². The van der Waals surface area contributed by atoms with Gasteiger partial charge in [0, 0.05) is 6.04 Å². The highest BCUT2D eigenvalue weighted by atomic mass is 35.5. The SMILES string of the molecule is CC(C)CCCC(C)NC(=O)NC(=O)C(C)Cl. The first-order valence-electron chi connectivity index (χ1n) is 6.08. The molecule has 0 radical (unpaired) electrons. The van der Waals surface area contributed by atoms with Gasteiger partial charge in [0.05, 0.1) is 0 Å². The fourth-order valence-electron chi connectivity index (χ4n) is 1.38. The average molecular weight is 263 g/mol. The molecule has 4 nitrogen and oxygen atoms in total. The summed E-state index contributed by atoms with van der Waals surface area (Å²) in [5.74, 6) is 0.202. The first kappa shape index (κ1) is 16.2. The number of carbonyl (C=O) groups is 2. The lowest BCUT2D eigenvalue weighted by Gasteiger charge is -2.15. The van der Waals surface area contributed by atoms with E-state index in [1.165, 1.54) is 6.92 Å². The molecular formula is C12H23ClN2O2. The Bertz CT molecular complexity index is 255. The minimum atomic E-state index is -0.697. The zero-order chi connectivity index (χ0) is 13.4. The van der Waals surface area contributed by atoms with E-state index in [1.807, 2.05) is 6.92 Å². The van der Waals surface area contributed by atoms with E-state index < -0.39 is 17.3 Å². The van der Waals surface area contributed by atoms with Crippen LogP contribution in [0.15, 0.2) is 0 Å². The molecule has 100 valence electrons. The number of amides is 3. The molecule has 0 rings (SSSR count). The number of rotatable bonds is 6. The van der Waals surface area contributed by atoms with Crippen molar-refractivity contribution in [3.63, 3.8) is 0 Å². The van der Waals surface area contributed by atoms with Crippen LogP contribution in [0, 0.1) is 5.92 Å². The molecule has 0 heterocycles. The van der Waals surface area contributed by atoms with E-state index in [2.05, 4.69) is 24.5 Å². The minimum absolute atomic E-state index is 0.0622. The molecule has 0 aliphatic carbocycles. The van der Waals surface area contributed by atoms with Gasteiger partial charge in [-0.1, -0.05) is 26.7 Å². The Labute approximate surface area is 108 Å². The van der Waals surface area contributed by atoms with Gasteiger partial charge in [0.15, 0.2) is 0 Å². The highest BCUT2D eigenvalue weighted by Crippen LogP contribution is 2.08. The highest BCUT2D eigenvalue weighted by molar-refractivity contribution is 6.31. The van der Waals surface area contributed by atoms with Crippen molar-refractivity contribution in [2.45, 2.75) is 58.4 Å². The van der Waals surface area contributed by atoms with Crippen molar-refractivity contribution in [1.82, 2.24) is 10.6 Å². The second kappa shape index (κ2) is 8.34. The predicted molar refractivity (Wildman–Crippen MR) is 70.1 cm³/mol. The Morgan fingerprint density at radius 2 is 1.71 bits per heavy atom. The van der Waals surface area contributed by atoms with Crippen LogP contribution in [0.4, 0.5) is 4.79 Å². The van der Waals surface area contributed by atoms with Crippen LogP contribution in [0.5, 0.6) is 0 Å². The van der Waals surface area contributed by atoms with Gasteiger partial charge < -0.3 is 5.32 Å². The molecule has 0 aliphatic rings. The zero-order valence-corrected chi connectivity index (χ0v) is 11.8. The molecular weight excluding hydrogens is 240 g/mol. The van der Waals surface area contributed by atoms with Crippen LogP contribution in [0.3, 0.4) is 0 Å². The summed E-state index contributed by atoms with van der Waals surface area (Å²) in [4.78, 5) is 22.5. The van der Waals surface area contributed by atoms with Crippen molar-refractivity contribution in [3.8, 4) is 0 Å². The molecule has 17 heavy (non-hydrogen) atoms. The third kappa shape index (κ3) is 8.98. The van der Waals surface area contributed by atoms with Crippen LogP contribution < -0.4 is 10.6 Å². The summed E-state index contributed by atoms with van der Waals surface area (Å²) in [5, 5.41) is 4.20. The molecule has 0 aromatic rings. The van der Waals surface area contributed by atoms with Gasteiger partial charge in [-0.3, -0.25) is 10.1 Å². The Morgan fingerprint density at radius 3 is 2.18 bits per heavy atom. The normalized spacial score (nSPS) is 14.2. The number of alkyl halides is 1. The summed E-state index contributed by atoms with van der Waals surface area (Å²) in [7, 11) is 0. The van der Waals surface area contributed by atoms with Crippen LogP contribution in [-0.4, -0.2) is 23.4 Å². The van der Waals surface area contributed by atoms with Gasteiger partial charge in [0.2, 0.25) is 5.91 Å². The third-order valence-electron chi connectivity index (χ3n) is 2.39. The maximum absolute atomic E-state index is 11.4. The van der Waals surface area contributed by atoms with Gasteiger partial charge in [-0.2, -0.15) is 0 Å². The molecule has 0 aliphatic heterocycles. The fraction of sp³-hybridized carbons (Fsp3) is 0.833. The van der Waals surface area contributed by atoms with Crippen molar-refractivity contribution in [2.75, 3.05) is 0 Å². The van der Waals surface area contributed by atoms with Gasteiger partial charge in [0.1, 0.15) is 5.38 Å². The molecule has 0 fully saturated rings. The van der Waals surface area contributed by atoms with E-state index in [4.69, 9.17) is 11.6 Å². The van der Waals surface area contributed by atoms with E-state index in [0.717, 1.165) is 19.3 Å². The first-order valence-corrected chi connectivity index (χ1v) is 6.52. The molecule has 0 aromatic carbocycles. The van der Waals surface area contributed by atoms with E-state index >= 15 is 0 Å². The number of halogens is 1. The van der Waals surface area contributed by atoms with Crippen LogP contribution in [0.2, 0.25) is 0 Å². The lowest BCUT2D eigenvalue weighted by Crippen LogP contribution is -2.45.